The molecule has 0 atom stereocenters. The van der Waals surface area contributed by atoms with Gasteiger partial charge in [0.15, 0.2) is 0 Å². The summed E-state index contributed by atoms with van der Waals surface area (Å²) in [5, 5.41) is 0. The monoisotopic (exact) mass is 329 g/mol. The van der Waals surface area contributed by atoms with Crippen LogP contribution in [0.4, 0.5) is 0 Å². The summed E-state index contributed by atoms with van der Waals surface area (Å²) in [5.41, 5.74) is 8.82. The molecule has 23 heavy (non-hydrogen) atoms. The number of thiocarbonyl (C=S) groups is 1. The molecule has 3 nitrogen and oxygen atoms in total. The van der Waals surface area contributed by atoms with E-state index in [1.165, 1.54) is 11.1 Å². The Labute approximate surface area is 143 Å². The first-order valence-electron chi connectivity index (χ1n) is 7.73. The van der Waals surface area contributed by atoms with Gasteiger partial charge in [0.25, 0.3) is 0 Å². The van der Waals surface area contributed by atoms with Crippen molar-refractivity contribution in [3.05, 3.63) is 59.2 Å². The first-order chi connectivity index (χ1) is 11.0. The van der Waals surface area contributed by atoms with Crippen molar-refractivity contribution in [2.45, 2.75) is 26.7 Å². The standard InChI is InChI=1S/C19H23NO2S/c1-13(2)17-9-4-14(3)12-18(17)22-11-10-21-16-7-5-15(6-8-16)19(20)23/h4-9,12-13H,10-11H2,1-3H3,(H2,20,23). The average Bonchev–Trinajstić information content (AvgIpc) is 2.51. The number of nitrogens with two attached hydrogens (primary N) is 1. The molecule has 2 rings (SSSR count). The van der Waals surface area contributed by atoms with Gasteiger partial charge in [0, 0.05) is 5.56 Å². The van der Waals surface area contributed by atoms with Crippen molar-refractivity contribution >= 4 is 17.2 Å². The fraction of sp³-hybridized carbons (Fsp3) is 0.316. The van der Waals surface area contributed by atoms with Crippen molar-refractivity contribution in [2.24, 2.45) is 5.73 Å². The molecular weight excluding hydrogens is 306 g/mol. The molecule has 2 aromatic rings. The molecule has 0 saturated carbocycles. The topological polar surface area (TPSA) is 44.5 Å². The molecule has 0 unspecified atom stereocenters. The lowest BCUT2D eigenvalue weighted by Crippen LogP contribution is -2.11. The van der Waals surface area contributed by atoms with Crippen LogP contribution in [0, 0.1) is 6.92 Å². The molecular formula is C19H23NO2S. The van der Waals surface area contributed by atoms with Crippen molar-refractivity contribution in [2.75, 3.05) is 13.2 Å². The van der Waals surface area contributed by atoms with Crippen molar-refractivity contribution in [3.8, 4) is 11.5 Å². The van der Waals surface area contributed by atoms with Gasteiger partial charge in [-0.2, -0.15) is 0 Å². The minimum atomic E-state index is 0.389. The highest BCUT2D eigenvalue weighted by Gasteiger charge is 2.08. The number of aryl methyl sites for hydroxylation is 1. The summed E-state index contributed by atoms with van der Waals surface area (Å²) in [6.07, 6.45) is 0. The van der Waals surface area contributed by atoms with Crippen LogP contribution in [-0.2, 0) is 0 Å². The van der Waals surface area contributed by atoms with E-state index in [9.17, 15) is 0 Å². The lowest BCUT2D eigenvalue weighted by Gasteiger charge is -2.15. The molecule has 0 aromatic heterocycles. The van der Waals surface area contributed by atoms with Crippen LogP contribution in [0.3, 0.4) is 0 Å². The quantitative estimate of drug-likeness (QED) is 0.610. The maximum atomic E-state index is 5.90. The van der Waals surface area contributed by atoms with Crippen LogP contribution in [0.25, 0.3) is 0 Å². The highest BCUT2D eigenvalue weighted by Crippen LogP contribution is 2.27. The largest absolute Gasteiger partial charge is 0.490 e. The minimum Gasteiger partial charge on any atom is -0.490 e. The van der Waals surface area contributed by atoms with Gasteiger partial charge in [-0.25, -0.2) is 0 Å². The molecule has 0 aliphatic heterocycles. The van der Waals surface area contributed by atoms with Crippen LogP contribution in [-0.4, -0.2) is 18.2 Å². The van der Waals surface area contributed by atoms with E-state index in [0.29, 0.717) is 24.1 Å². The number of ether oxygens (including phenoxy) is 2. The minimum absolute atomic E-state index is 0.389. The molecule has 4 heteroatoms. The second kappa shape index (κ2) is 7.97. The predicted octanol–water partition coefficient (Wildman–Crippen LogP) is 4.21. The first kappa shape index (κ1) is 17.3. The molecule has 0 radical (unpaired) electrons. The number of hydrogen-bond acceptors (Lipinski definition) is 3. The average molecular weight is 329 g/mol. The van der Waals surface area contributed by atoms with Gasteiger partial charge in [-0.15, -0.1) is 0 Å². The number of benzene rings is 2. The van der Waals surface area contributed by atoms with Gasteiger partial charge >= 0.3 is 0 Å². The smallest absolute Gasteiger partial charge is 0.123 e. The van der Waals surface area contributed by atoms with Crippen LogP contribution in [0.5, 0.6) is 11.5 Å². The molecule has 0 aliphatic rings. The fourth-order valence-corrected chi connectivity index (χ4v) is 2.41. The summed E-state index contributed by atoms with van der Waals surface area (Å²) < 4.78 is 11.6. The molecule has 2 aromatic carbocycles. The fourth-order valence-electron chi connectivity index (χ4n) is 2.27. The summed E-state index contributed by atoms with van der Waals surface area (Å²) in [6, 6.07) is 13.8. The van der Waals surface area contributed by atoms with Crippen LogP contribution in [0.2, 0.25) is 0 Å². The Morgan fingerprint density at radius 1 is 1.04 bits per heavy atom. The molecule has 0 heterocycles. The molecule has 2 N–H and O–H groups in total. The third-order valence-electron chi connectivity index (χ3n) is 3.54. The van der Waals surface area contributed by atoms with Gasteiger partial charge in [-0.05, 0) is 54.3 Å². The normalized spacial score (nSPS) is 10.6. The lowest BCUT2D eigenvalue weighted by atomic mass is 10.0. The van der Waals surface area contributed by atoms with E-state index in [4.69, 9.17) is 27.4 Å². The van der Waals surface area contributed by atoms with Crippen molar-refractivity contribution in [3.63, 3.8) is 0 Å². The molecule has 122 valence electrons. The molecule has 0 saturated heterocycles. The van der Waals surface area contributed by atoms with Gasteiger partial charge in [-0.3, -0.25) is 0 Å². The highest BCUT2D eigenvalue weighted by molar-refractivity contribution is 7.80. The summed E-state index contributed by atoms with van der Waals surface area (Å²) >= 11 is 4.93. The van der Waals surface area contributed by atoms with Gasteiger partial charge < -0.3 is 15.2 Å². The lowest BCUT2D eigenvalue weighted by molar-refractivity contribution is 0.215. The number of hydrogen-bond donors (Lipinski definition) is 1. The van der Waals surface area contributed by atoms with Crippen LogP contribution < -0.4 is 15.2 Å². The Morgan fingerprint density at radius 3 is 2.30 bits per heavy atom. The van der Waals surface area contributed by atoms with E-state index in [1.54, 1.807) is 0 Å². The van der Waals surface area contributed by atoms with E-state index < -0.39 is 0 Å². The van der Waals surface area contributed by atoms with Crippen LogP contribution >= 0.6 is 12.2 Å². The third kappa shape index (κ3) is 4.96. The summed E-state index contributed by atoms with van der Waals surface area (Å²) in [7, 11) is 0. The zero-order valence-corrected chi connectivity index (χ0v) is 14.7. The Hall–Kier alpha value is -2.07. The van der Waals surface area contributed by atoms with Crippen molar-refractivity contribution < 1.29 is 9.47 Å². The predicted molar refractivity (Wildman–Crippen MR) is 98.6 cm³/mol. The van der Waals surface area contributed by atoms with Gasteiger partial charge in [-0.1, -0.05) is 38.2 Å². The molecule has 0 bridgehead atoms. The Morgan fingerprint density at radius 2 is 1.70 bits per heavy atom. The van der Waals surface area contributed by atoms with Crippen LogP contribution in [0.1, 0.15) is 36.5 Å². The van der Waals surface area contributed by atoms with E-state index in [0.717, 1.165) is 17.1 Å². The zero-order valence-electron chi connectivity index (χ0n) is 13.8. The van der Waals surface area contributed by atoms with E-state index >= 15 is 0 Å². The second-order valence-electron chi connectivity index (χ2n) is 5.78. The molecule has 0 spiro atoms. The highest BCUT2D eigenvalue weighted by atomic mass is 32.1. The van der Waals surface area contributed by atoms with Crippen LogP contribution in [0.15, 0.2) is 42.5 Å². The van der Waals surface area contributed by atoms with Gasteiger partial charge in [0.1, 0.15) is 29.7 Å². The van der Waals surface area contributed by atoms with Gasteiger partial charge in [0.05, 0.1) is 0 Å². The Balaban J connectivity index is 1.88. The maximum absolute atomic E-state index is 5.90. The SMILES string of the molecule is Cc1ccc(C(C)C)c(OCCOc2ccc(C(N)=S)cc2)c1. The summed E-state index contributed by atoms with van der Waals surface area (Å²) in [5.74, 6) is 2.15. The van der Waals surface area contributed by atoms with Gasteiger partial charge in [0.2, 0.25) is 0 Å². The zero-order chi connectivity index (χ0) is 16.8. The maximum Gasteiger partial charge on any atom is 0.123 e. The molecule has 0 fully saturated rings. The van der Waals surface area contributed by atoms with Crippen molar-refractivity contribution in [1.82, 2.24) is 0 Å². The second-order valence-corrected chi connectivity index (χ2v) is 6.22. The first-order valence-corrected chi connectivity index (χ1v) is 8.14. The number of rotatable bonds is 7. The van der Waals surface area contributed by atoms with E-state index in [1.807, 2.05) is 24.3 Å². The van der Waals surface area contributed by atoms with Crippen molar-refractivity contribution in [1.29, 1.82) is 0 Å². The molecule has 0 aliphatic carbocycles. The Kier molecular flexibility index (Phi) is 5.99. The van der Waals surface area contributed by atoms with E-state index in [-0.39, 0.29) is 0 Å². The third-order valence-corrected chi connectivity index (χ3v) is 3.78. The summed E-state index contributed by atoms with van der Waals surface area (Å²) in [6.45, 7) is 7.38. The van der Waals surface area contributed by atoms with E-state index in [2.05, 4.69) is 39.0 Å². The Bertz CT molecular complexity index is 666. The summed E-state index contributed by atoms with van der Waals surface area (Å²) in [4.78, 5) is 0.389. The molecule has 0 amide bonds.